The zero-order valence-corrected chi connectivity index (χ0v) is 17.3. The van der Waals surface area contributed by atoms with Crippen LogP contribution < -0.4 is 14.4 Å². The summed E-state index contributed by atoms with van der Waals surface area (Å²) in [6, 6.07) is 23.3. The summed E-state index contributed by atoms with van der Waals surface area (Å²) >= 11 is 0. The number of rotatable bonds is 6. The highest BCUT2D eigenvalue weighted by Crippen LogP contribution is 2.17. The lowest BCUT2D eigenvalue weighted by molar-refractivity contribution is -0.894. The van der Waals surface area contributed by atoms with Crippen molar-refractivity contribution in [1.82, 2.24) is 4.90 Å². The first-order valence-corrected chi connectivity index (χ1v) is 10.4. The molecule has 4 rings (SSSR count). The number of hydrogen-bond acceptors (Lipinski definition) is 4. The van der Waals surface area contributed by atoms with E-state index >= 15 is 0 Å². The van der Waals surface area contributed by atoms with Gasteiger partial charge < -0.3 is 14.8 Å². The van der Waals surface area contributed by atoms with Crippen LogP contribution in [0.2, 0.25) is 0 Å². The van der Waals surface area contributed by atoms with Crippen LogP contribution in [0.15, 0.2) is 85.1 Å². The minimum absolute atomic E-state index is 0.0137. The Balaban J connectivity index is 1.31. The lowest BCUT2D eigenvalue weighted by Gasteiger charge is -2.30. The van der Waals surface area contributed by atoms with Gasteiger partial charge in [0.25, 0.3) is 0 Å². The molecule has 1 aliphatic heterocycles. The highest BCUT2D eigenvalue weighted by molar-refractivity contribution is 5.92. The van der Waals surface area contributed by atoms with E-state index in [2.05, 4.69) is 4.90 Å². The Morgan fingerprint density at radius 1 is 0.968 bits per heavy atom. The number of amides is 1. The molecule has 0 spiro atoms. The summed E-state index contributed by atoms with van der Waals surface area (Å²) < 4.78 is 6.98. The summed E-state index contributed by atoms with van der Waals surface area (Å²) in [6.45, 7) is 3.07. The van der Waals surface area contributed by atoms with Crippen molar-refractivity contribution in [2.45, 2.75) is 6.61 Å². The number of aromatic nitrogens is 1. The van der Waals surface area contributed by atoms with Crippen LogP contribution in [0.1, 0.15) is 11.1 Å². The second-order valence-corrected chi connectivity index (χ2v) is 7.40. The van der Waals surface area contributed by atoms with Gasteiger partial charge in [0.2, 0.25) is 5.91 Å². The van der Waals surface area contributed by atoms with E-state index in [-0.39, 0.29) is 5.91 Å². The molecular weight excluding hydrogens is 390 g/mol. The van der Waals surface area contributed by atoms with Crippen molar-refractivity contribution >= 4 is 17.8 Å². The zero-order valence-electron chi connectivity index (χ0n) is 17.3. The van der Waals surface area contributed by atoms with Gasteiger partial charge in [0.05, 0.1) is 13.1 Å². The standard InChI is InChI=1S/C25H26N3O3/c29-25(27-17-15-26(16-18-27)24-11-4-5-14-28(24)30)13-12-21-9-6-10-23(19-21)31-20-22-7-2-1-3-8-22/h1-14,19,30H,15-18,20H2/q+1/b13-12+. The predicted octanol–water partition coefficient (Wildman–Crippen LogP) is 3.15. The fraction of sp³-hybridized carbons (Fsp3) is 0.200. The molecule has 0 saturated carbocycles. The molecule has 1 N–H and O–H groups in total. The van der Waals surface area contributed by atoms with E-state index in [9.17, 15) is 10.0 Å². The summed E-state index contributed by atoms with van der Waals surface area (Å²) in [6.07, 6.45) is 5.04. The molecule has 1 amide bonds. The summed E-state index contributed by atoms with van der Waals surface area (Å²) in [7, 11) is 0. The van der Waals surface area contributed by atoms with E-state index in [1.807, 2.05) is 77.7 Å². The van der Waals surface area contributed by atoms with Crippen molar-refractivity contribution < 1.29 is 19.5 Å². The molecule has 6 nitrogen and oxygen atoms in total. The van der Waals surface area contributed by atoms with Crippen LogP contribution in [0.5, 0.6) is 5.75 Å². The number of benzene rings is 2. The number of carbonyl (C=O) groups excluding carboxylic acids is 1. The van der Waals surface area contributed by atoms with Crippen molar-refractivity contribution in [1.29, 1.82) is 0 Å². The largest absolute Gasteiger partial charge is 0.489 e. The molecule has 158 valence electrons. The molecule has 0 aliphatic carbocycles. The van der Waals surface area contributed by atoms with Crippen LogP contribution in [0.25, 0.3) is 6.08 Å². The Hall–Kier alpha value is -3.80. The van der Waals surface area contributed by atoms with Gasteiger partial charge in [0, 0.05) is 12.1 Å². The van der Waals surface area contributed by atoms with Gasteiger partial charge in [-0.05, 0) is 35.4 Å². The van der Waals surface area contributed by atoms with Gasteiger partial charge in [-0.3, -0.25) is 9.69 Å². The number of ether oxygens (including phenoxy) is 1. The summed E-state index contributed by atoms with van der Waals surface area (Å²) in [4.78, 5) is 16.5. The van der Waals surface area contributed by atoms with Gasteiger partial charge in [-0.25, -0.2) is 0 Å². The second-order valence-electron chi connectivity index (χ2n) is 7.40. The number of hydrogen-bond donors (Lipinski definition) is 1. The first kappa shape index (κ1) is 20.5. The molecule has 1 aromatic heterocycles. The predicted molar refractivity (Wildman–Crippen MR) is 119 cm³/mol. The number of pyridine rings is 1. The molecule has 2 heterocycles. The van der Waals surface area contributed by atoms with Crippen LogP contribution in [-0.4, -0.2) is 42.2 Å². The minimum Gasteiger partial charge on any atom is -0.489 e. The minimum atomic E-state index is -0.0137. The number of nitrogens with zero attached hydrogens (tertiary/aromatic N) is 3. The Bertz CT molecular complexity index is 1040. The van der Waals surface area contributed by atoms with E-state index in [0.29, 0.717) is 32.8 Å². The molecule has 2 aromatic carbocycles. The van der Waals surface area contributed by atoms with E-state index in [1.165, 1.54) is 0 Å². The van der Waals surface area contributed by atoms with Crippen LogP contribution in [0.3, 0.4) is 0 Å². The van der Waals surface area contributed by atoms with Gasteiger partial charge >= 0.3 is 5.82 Å². The maximum atomic E-state index is 12.6. The number of carbonyl (C=O) groups is 1. The maximum Gasteiger partial charge on any atom is 0.316 e. The monoisotopic (exact) mass is 416 g/mol. The third-order valence-electron chi connectivity index (χ3n) is 5.26. The van der Waals surface area contributed by atoms with Gasteiger partial charge in [0.1, 0.15) is 31.6 Å². The Morgan fingerprint density at radius 2 is 1.74 bits per heavy atom. The number of piperazine rings is 1. The van der Waals surface area contributed by atoms with Crippen LogP contribution in [-0.2, 0) is 11.4 Å². The summed E-state index contributed by atoms with van der Waals surface area (Å²) in [5.41, 5.74) is 2.03. The Kier molecular flexibility index (Phi) is 6.47. The summed E-state index contributed by atoms with van der Waals surface area (Å²) in [5.74, 6) is 1.49. The molecule has 0 unspecified atom stereocenters. The first-order chi connectivity index (χ1) is 15.2. The highest BCUT2D eigenvalue weighted by atomic mass is 16.5. The molecule has 6 heteroatoms. The SMILES string of the molecule is O=C(/C=C/c1cccc(OCc2ccccc2)c1)N1CCN(c2cccc[n+]2O)CC1. The fourth-order valence-corrected chi connectivity index (χ4v) is 3.55. The third kappa shape index (κ3) is 5.42. The molecule has 31 heavy (non-hydrogen) atoms. The quantitative estimate of drug-likeness (QED) is 0.381. The van der Waals surface area contributed by atoms with Crippen molar-refractivity contribution in [2.75, 3.05) is 31.1 Å². The van der Waals surface area contributed by atoms with Crippen molar-refractivity contribution in [3.05, 3.63) is 96.2 Å². The maximum absolute atomic E-state index is 12.6. The van der Waals surface area contributed by atoms with Crippen molar-refractivity contribution in [3.8, 4) is 5.75 Å². The van der Waals surface area contributed by atoms with Crippen LogP contribution in [0.4, 0.5) is 5.82 Å². The zero-order chi connectivity index (χ0) is 21.5. The number of anilines is 1. The third-order valence-corrected chi connectivity index (χ3v) is 5.26. The second kappa shape index (κ2) is 9.80. The fourth-order valence-electron chi connectivity index (χ4n) is 3.55. The van der Waals surface area contributed by atoms with Gasteiger partial charge in [-0.2, -0.15) is 0 Å². The Morgan fingerprint density at radius 3 is 2.52 bits per heavy atom. The average Bonchev–Trinajstić information content (AvgIpc) is 2.83. The van der Waals surface area contributed by atoms with E-state index in [4.69, 9.17) is 4.74 Å². The van der Waals surface area contributed by atoms with Crippen LogP contribution >= 0.6 is 0 Å². The molecule has 1 aliphatic rings. The van der Waals surface area contributed by atoms with E-state index < -0.39 is 0 Å². The first-order valence-electron chi connectivity index (χ1n) is 10.4. The molecular formula is C25H26N3O3+. The van der Waals surface area contributed by atoms with Crippen molar-refractivity contribution in [2.24, 2.45) is 0 Å². The molecule has 3 aromatic rings. The van der Waals surface area contributed by atoms with Gasteiger partial charge in [0.15, 0.2) is 0 Å². The normalized spacial score (nSPS) is 14.1. The smallest absolute Gasteiger partial charge is 0.316 e. The van der Waals surface area contributed by atoms with E-state index in [0.717, 1.165) is 27.4 Å². The summed E-state index contributed by atoms with van der Waals surface area (Å²) in [5, 5.41) is 9.95. The highest BCUT2D eigenvalue weighted by Gasteiger charge is 2.26. The van der Waals surface area contributed by atoms with Crippen molar-refractivity contribution in [3.63, 3.8) is 0 Å². The topological polar surface area (TPSA) is 56.9 Å². The van der Waals surface area contributed by atoms with Crippen LogP contribution in [0, 0.1) is 0 Å². The molecule has 0 radical (unpaired) electrons. The molecule has 0 bridgehead atoms. The van der Waals surface area contributed by atoms with E-state index in [1.54, 1.807) is 18.3 Å². The Labute approximate surface area is 182 Å². The molecule has 1 fully saturated rings. The molecule has 0 atom stereocenters. The average molecular weight is 417 g/mol. The van der Waals surface area contributed by atoms with Gasteiger partial charge in [-0.1, -0.05) is 53.3 Å². The molecule has 1 saturated heterocycles. The van der Waals surface area contributed by atoms with Gasteiger partial charge in [-0.15, -0.1) is 0 Å². The lowest BCUT2D eigenvalue weighted by Crippen LogP contribution is -2.51. The lowest BCUT2D eigenvalue weighted by atomic mass is 10.2.